The van der Waals surface area contributed by atoms with Gasteiger partial charge in [0.25, 0.3) is 0 Å². The van der Waals surface area contributed by atoms with Crippen LogP contribution in [-0.2, 0) is 22.7 Å². The SMILES string of the molecule is O=C(O)Cc1cccc(Oc2ccc(Br)cc2CSCc2ccccc2)c1. The molecule has 0 aliphatic heterocycles. The van der Waals surface area contributed by atoms with E-state index in [1.807, 2.05) is 54.2 Å². The van der Waals surface area contributed by atoms with Gasteiger partial charge in [-0.2, -0.15) is 11.8 Å². The van der Waals surface area contributed by atoms with E-state index < -0.39 is 5.97 Å². The van der Waals surface area contributed by atoms with Gasteiger partial charge < -0.3 is 9.84 Å². The van der Waals surface area contributed by atoms with E-state index >= 15 is 0 Å². The first kappa shape index (κ1) is 19.5. The summed E-state index contributed by atoms with van der Waals surface area (Å²) in [6.07, 6.45) is -0.0165. The van der Waals surface area contributed by atoms with Crippen LogP contribution >= 0.6 is 27.7 Å². The molecule has 0 bridgehead atoms. The molecule has 0 radical (unpaired) electrons. The van der Waals surface area contributed by atoms with Gasteiger partial charge in [-0.05, 0) is 41.5 Å². The largest absolute Gasteiger partial charge is 0.481 e. The van der Waals surface area contributed by atoms with Crippen molar-refractivity contribution >= 4 is 33.7 Å². The van der Waals surface area contributed by atoms with Gasteiger partial charge in [-0.25, -0.2) is 0 Å². The van der Waals surface area contributed by atoms with Gasteiger partial charge in [-0.15, -0.1) is 0 Å². The van der Waals surface area contributed by atoms with E-state index in [1.165, 1.54) is 5.56 Å². The summed E-state index contributed by atoms with van der Waals surface area (Å²) in [4.78, 5) is 10.9. The van der Waals surface area contributed by atoms with Crippen LogP contribution in [0.1, 0.15) is 16.7 Å². The van der Waals surface area contributed by atoms with Gasteiger partial charge >= 0.3 is 5.97 Å². The third-order valence-corrected chi connectivity index (χ3v) is 5.42. The molecule has 138 valence electrons. The Morgan fingerprint density at radius 1 is 0.926 bits per heavy atom. The van der Waals surface area contributed by atoms with Gasteiger partial charge in [-0.3, -0.25) is 4.79 Å². The van der Waals surface area contributed by atoms with Crippen molar-refractivity contribution in [1.82, 2.24) is 0 Å². The van der Waals surface area contributed by atoms with Crippen molar-refractivity contribution in [3.8, 4) is 11.5 Å². The van der Waals surface area contributed by atoms with Crippen molar-refractivity contribution in [2.24, 2.45) is 0 Å². The summed E-state index contributed by atoms with van der Waals surface area (Å²) < 4.78 is 7.07. The zero-order chi connectivity index (χ0) is 19.1. The molecule has 0 spiro atoms. The van der Waals surface area contributed by atoms with E-state index in [0.29, 0.717) is 5.75 Å². The molecule has 3 aromatic carbocycles. The highest BCUT2D eigenvalue weighted by Gasteiger charge is 2.08. The van der Waals surface area contributed by atoms with Crippen molar-refractivity contribution < 1.29 is 14.6 Å². The molecule has 0 atom stereocenters. The number of halogens is 1. The van der Waals surface area contributed by atoms with E-state index in [2.05, 4.69) is 34.1 Å². The van der Waals surface area contributed by atoms with Gasteiger partial charge in [-0.1, -0.05) is 58.4 Å². The number of hydrogen-bond donors (Lipinski definition) is 1. The van der Waals surface area contributed by atoms with Crippen LogP contribution in [0.5, 0.6) is 11.5 Å². The number of aliphatic carboxylic acids is 1. The van der Waals surface area contributed by atoms with Crippen LogP contribution in [0.4, 0.5) is 0 Å². The first-order valence-corrected chi connectivity index (χ1v) is 10.4. The van der Waals surface area contributed by atoms with Crippen LogP contribution in [0, 0.1) is 0 Å². The van der Waals surface area contributed by atoms with Gasteiger partial charge in [0.15, 0.2) is 0 Å². The Kier molecular flexibility index (Phi) is 6.96. The van der Waals surface area contributed by atoms with Crippen molar-refractivity contribution in [2.75, 3.05) is 0 Å². The highest BCUT2D eigenvalue weighted by Crippen LogP contribution is 2.32. The van der Waals surface area contributed by atoms with E-state index in [0.717, 1.165) is 32.9 Å². The van der Waals surface area contributed by atoms with Crippen molar-refractivity contribution in [1.29, 1.82) is 0 Å². The van der Waals surface area contributed by atoms with Crippen LogP contribution in [0.25, 0.3) is 0 Å². The maximum atomic E-state index is 10.9. The number of thioether (sulfide) groups is 1. The zero-order valence-electron chi connectivity index (χ0n) is 14.6. The van der Waals surface area contributed by atoms with Crippen LogP contribution in [0.15, 0.2) is 77.3 Å². The maximum Gasteiger partial charge on any atom is 0.307 e. The molecule has 3 rings (SSSR count). The normalized spacial score (nSPS) is 10.6. The summed E-state index contributed by atoms with van der Waals surface area (Å²) in [7, 11) is 0. The Morgan fingerprint density at radius 2 is 1.70 bits per heavy atom. The Bertz CT molecular complexity index is 912. The number of carboxylic acids is 1. The molecule has 0 fully saturated rings. The lowest BCUT2D eigenvalue weighted by atomic mass is 10.1. The number of hydrogen-bond acceptors (Lipinski definition) is 3. The van der Waals surface area contributed by atoms with Crippen LogP contribution in [-0.4, -0.2) is 11.1 Å². The minimum atomic E-state index is -0.853. The number of rotatable bonds is 8. The van der Waals surface area contributed by atoms with Crippen LogP contribution in [0.3, 0.4) is 0 Å². The van der Waals surface area contributed by atoms with E-state index in [-0.39, 0.29) is 6.42 Å². The summed E-state index contributed by atoms with van der Waals surface area (Å²) in [5.41, 5.74) is 3.10. The standard InChI is InChI=1S/C22H19BrO3S/c23-19-9-10-21(26-20-8-4-7-17(11-20)12-22(24)25)18(13-19)15-27-14-16-5-2-1-3-6-16/h1-11,13H,12,14-15H2,(H,24,25). The molecule has 3 aromatic rings. The second kappa shape index (κ2) is 9.62. The fourth-order valence-corrected chi connectivity index (χ4v) is 4.02. The average Bonchev–Trinajstić information content (AvgIpc) is 2.64. The quantitative estimate of drug-likeness (QED) is 0.444. The lowest BCUT2D eigenvalue weighted by Crippen LogP contribution is -2.00. The predicted molar refractivity (Wildman–Crippen MR) is 113 cm³/mol. The molecule has 1 N–H and O–H groups in total. The third kappa shape index (κ3) is 6.15. The molecule has 27 heavy (non-hydrogen) atoms. The molecule has 0 heterocycles. The number of benzene rings is 3. The monoisotopic (exact) mass is 442 g/mol. The summed E-state index contributed by atoms with van der Waals surface area (Å²) in [5.74, 6) is 2.32. The fraction of sp³-hybridized carbons (Fsp3) is 0.136. The molecule has 0 saturated carbocycles. The van der Waals surface area contributed by atoms with Crippen LogP contribution < -0.4 is 4.74 Å². The molecular formula is C22H19BrO3S. The lowest BCUT2D eigenvalue weighted by molar-refractivity contribution is -0.136. The second-order valence-electron chi connectivity index (χ2n) is 6.05. The first-order chi connectivity index (χ1) is 13.1. The van der Waals surface area contributed by atoms with Crippen molar-refractivity contribution in [3.63, 3.8) is 0 Å². The Hall–Kier alpha value is -2.24. The lowest BCUT2D eigenvalue weighted by Gasteiger charge is -2.12. The number of carboxylic acid groups (broad SMARTS) is 1. The van der Waals surface area contributed by atoms with Crippen LogP contribution in [0.2, 0.25) is 0 Å². The highest BCUT2D eigenvalue weighted by atomic mass is 79.9. The average molecular weight is 443 g/mol. The Morgan fingerprint density at radius 3 is 2.48 bits per heavy atom. The topological polar surface area (TPSA) is 46.5 Å². The highest BCUT2D eigenvalue weighted by molar-refractivity contribution is 9.10. The molecule has 5 heteroatoms. The molecule has 0 unspecified atom stereocenters. The van der Waals surface area contributed by atoms with Crippen molar-refractivity contribution in [2.45, 2.75) is 17.9 Å². The fourth-order valence-electron chi connectivity index (χ4n) is 2.63. The molecule has 0 amide bonds. The molecule has 0 aromatic heterocycles. The summed E-state index contributed by atoms with van der Waals surface area (Å²) in [6.45, 7) is 0. The van der Waals surface area contributed by atoms with E-state index in [9.17, 15) is 4.79 Å². The molecular weight excluding hydrogens is 424 g/mol. The molecule has 3 nitrogen and oxygen atoms in total. The first-order valence-electron chi connectivity index (χ1n) is 8.49. The van der Waals surface area contributed by atoms with E-state index in [4.69, 9.17) is 9.84 Å². The smallest absolute Gasteiger partial charge is 0.307 e. The Balaban J connectivity index is 1.71. The molecule has 0 aliphatic rings. The molecule has 0 saturated heterocycles. The summed E-state index contributed by atoms with van der Waals surface area (Å²) in [6, 6.07) is 23.5. The van der Waals surface area contributed by atoms with Gasteiger partial charge in [0.05, 0.1) is 6.42 Å². The zero-order valence-corrected chi connectivity index (χ0v) is 17.0. The van der Waals surface area contributed by atoms with Crippen molar-refractivity contribution in [3.05, 3.63) is 94.0 Å². The molecule has 0 aliphatic carbocycles. The summed E-state index contributed by atoms with van der Waals surface area (Å²) >= 11 is 5.35. The number of ether oxygens (including phenoxy) is 1. The van der Waals surface area contributed by atoms with Gasteiger partial charge in [0.1, 0.15) is 11.5 Å². The minimum Gasteiger partial charge on any atom is -0.481 e. The second-order valence-corrected chi connectivity index (χ2v) is 7.95. The Labute approximate surface area is 171 Å². The van der Waals surface area contributed by atoms with Gasteiger partial charge in [0.2, 0.25) is 0 Å². The summed E-state index contributed by atoms with van der Waals surface area (Å²) in [5, 5.41) is 8.96. The number of carbonyl (C=O) groups is 1. The maximum absolute atomic E-state index is 10.9. The minimum absolute atomic E-state index is 0.0165. The van der Waals surface area contributed by atoms with Gasteiger partial charge in [0, 0.05) is 21.5 Å². The predicted octanol–water partition coefficient (Wildman–Crippen LogP) is 6.30. The third-order valence-electron chi connectivity index (χ3n) is 3.87. The van der Waals surface area contributed by atoms with E-state index in [1.54, 1.807) is 12.1 Å².